The fraction of sp³-hybridized carbons (Fsp3) is 0.261. The number of nitrogens with one attached hydrogen (secondary N) is 2. The molecular formula is C23H24F2N8O. The summed E-state index contributed by atoms with van der Waals surface area (Å²) in [4.78, 5) is 19.9. The van der Waals surface area contributed by atoms with Crippen LogP contribution >= 0.6 is 0 Å². The van der Waals surface area contributed by atoms with Gasteiger partial charge in [0.2, 0.25) is 5.95 Å². The van der Waals surface area contributed by atoms with Gasteiger partial charge >= 0.3 is 0 Å². The Balaban J connectivity index is 1.37. The number of hydrogen-bond donors (Lipinski definition) is 3. The summed E-state index contributed by atoms with van der Waals surface area (Å²) in [5.74, 6) is -0.868. The number of ether oxygens (including phenoxy) is 1. The van der Waals surface area contributed by atoms with Crippen molar-refractivity contribution in [1.82, 2.24) is 24.8 Å². The van der Waals surface area contributed by atoms with Crippen molar-refractivity contribution in [1.29, 1.82) is 0 Å². The molecule has 4 heterocycles. The van der Waals surface area contributed by atoms with Gasteiger partial charge < -0.3 is 30.6 Å². The molecule has 1 fully saturated rings. The van der Waals surface area contributed by atoms with Crippen LogP contribution in [0, 0.1) is 11.6 Å². The molecule has 5 rings (SSSR count). The highest BCUT2D eigenvalue weighted by Crippen LogP contribution is 2.34. The van der Waals surface area contributed by atoms with Gasteiger partial charge in [0.1, 0.15) is 23.0 Å². The van der Waals surface area contributed by atoms with E-state index in [4.69, 9.17) is 10.5 Å². The number of aromatic nitrogens is 4. The van der Waals surface area contributed by atoms with Gasteiger partial charge in [0.25, 0.3) is 0 Å². The third kappa shape index (κ3) is 4.29. The Morgan fingerprint density at radius 2 is 1.97 bits per heavy atom. The number of pyridine rings is 1. The van der Waals surface area contributed by atoms with Crippen LogP contribution in [0.25, 0.3) is 11.0 Å². The summed E-state index contributed by atoms with van der Waals surface area (Å²) in [6.07, 6.45) is 4.18. The molecule has 1 aromatic carbocycles. The number of H-pyrrole nitrogens is 1. The lowest BCUT2D eigenvalue weighted by atomic mass is 10.2. The Bertz CT molecular complexity index is 1320. The van der Waals surface area contributed by atoms with Crippen LogP contribution in [0.5, 0.6) is 11.5 Å². The second kappa shape index (κ2) is 8.75. The third-order valence-corrected chi connectivity index (χ3v) is 5.85. The van der Waals surface area contributed by atoms with E-state index in [0.717, 1.165) is 31.6 Å². The first-order valence-corrected chi connectivity index (χ1v) is 10.8. The number of halogens is 2. The second-order valence-electron chi connectivity index (χ2n) is 8.37. The van der Waals surface area contributed by atoms with Crippen LogP contribution in [0.1, 0.15) is 6.42 Å². The molecule has 0 amide bonds. The molecule has 0 spiro atoms. The topological polar surface area (TPSA) is 108 Å². The lowest BCUT2D eigenvalue weighted by Gasteiger charge is -2.21. The Hall–Kier alpha value is -3.99. The predicted molar refractivity (Wildman–Crippen MR) is 127 cm³/mol. The highest BCUT2D eigenvalue weighted by Gasteiger charge is 2.25. The molecule has 0 radical (unpaired) electrons. The largest absolute Gasteiger partial charge is 0.450 e. The number of benzene rings is 1. The molecular weight excluding hydrogens is 442 g/mol. The minimum atomic E-state index is -0.862. The molecule has 4 N–H and O–H groups in total. The van der Waals surface area contributed by atoms with Crippen molar-refractivity contribution in [3.8, 4) is 11.5 Å². The van der Waals surface area contributed by atoms with Gasteiger partial charge in [0.15, 0.2) is 17.4 Å². The van der Waals surface area contributed by atoms with E-state index in [1.165, 1.54) is 6.20 Å². The molecule has 0 bridgehead atoms. The molecule has 1 unspecified atom stereocenters. The molecule has 1 atom stereocenters. The first-order chi connectivity index (χ1) is 16.4. The zero-order chi connectivity index (χ0) is 23.8. The van der Waals surface area contributed by atoms with Crippen LogP contribution in [-0.2, 0) is 0 Å². The van der Waals surface area contributed by atoms with Crippen LogP contribution in [0.15, 0.2) is 42.7 Å². The molecule has 1 aliphatic heterocycles. The molecule has 176 valence electrons. The maximum atomic E-state index is 14.8. The zero-order valence-electron chi connectivity index (χ0n) is 18.7. The number of nitrogen functional groups attached to an aromatic ring is 1. The van der Waals surface area contributed by atoms with E-state index in [0.29, 0.717) is 34.5 Å². The highest BCUT2D eigenvalue weighted by atomic mass is 19.1. The minimum absolute atomic E-state index is 0.0717. The first kappa shape index (κ1) is 21.8. The molecule has 11 heteroatoms. The Labute approximate surface area is 194 Å². The average Bonchev–Trinajstić information content (AvgIpc) is 3.46. The van der Waals surface area contributed by atoms with Gasteiger partial charge in [-0.3, -0.25) is 0 Å². The number of nitrogens with two attached hydrogens (primary N) is 1. The van der Waals surface area contributed by atoms with Gasteiger partial charge in [0, 0.05) is 55.4 Å². The van der Waals surface area contributed by atoms with Crippen molar-refractivity contribution in [2.45, 2.75) is 12.5 Å². The second-order valence-corrected chi connectivity index (χ2v) is 8.37. The molecule has 0 saturated carbocycles. The van der Waals surface area contributed by atoms with Crippen LogP contribution in [0.3, 0.4) is 0 Å². The van der Waals surface area contributed by atoms with Gasteiger partial charge in [-0.1, -0.05) is 0 Å². The SMILES string of the molecule is CN(C)C1CCN(c2cc(Nc3cc(F)c(Oc4ccnc5[nH]ccc45)c(F)c3)nc(N)n2)C1. The van der Waals surface area contributed by atoms with E-state index in [1.54, 1.807) is 24.4 Å². The van der Waals surface area contributed by atoms with Crippen molar-refractivity contribution in [3.63, 3.8) is 0 Å². The third-order valence-electron chi connectivity index (χ3n) is 5.85. The number of aromatic amines is 1. The molecule has 9 nitrogen and oxygen atoms in total. The lowest BCUT2D eigenvalue weighted by Crippen LogP contribution is -2.31. The Morgan fingerprint density at radius 3 is 2.71 bits per heavy atom. The van der Waals surface area contributed by atoms with Gasteiger partial charge in [-0.2, -0.15) is 9.97 Å². The summed E-state index contributed by atoms with van der Waals surface area (Å²) in [6.45, 7) is 1.64. The summed E-state index contributed by atoms with van der Waals surface area (Å²) in [7, 11) is 4.09. The van der Waals surface area contributed by atoms with Crippen molar-refractivity contribution < 1.29 is 13.5 Å². The Kier molecular flexibility index (Phi) is 5.62. The molecule has 1 aliphatic rings. The van der Waals surface area contributed by atoms with E-state index in [-0.39, 0.29) is 11.6 Å². The minimum Gasteiger partial charge on any atom is -0.450 e. The summed E-state index contributed by atoms with van der Waals surface area (Å²) in [6, 6.07) is 7.69. The van der Waals surface area contributed by atoms with Crippen molar-refractivity contribution in [2.75, 3.05) is 43.1 Å². The number of nitrogens with zero attached hydrogens (tertiary/aromatic N) is 5. The van der Waals surface area contributed by atoms with E-state index in [2.05, 4.69) is 35.1 Å². The molecule has 4 aromatic rings. The first-order valence-electron chi connectivity index (χ1n) is 10.8. The van der Waals surface area contributed by atoms with Crippen LogP contribution in [0.4, 0.5) is 32.1 Å². The number of fused-ring (bicyclic) bond motifs is 1. The molecule has 0 aliphatic carbocycles. The van der Waals surface area contributed by atoms with Crippen LogP contribution in [0.2, 0.25) is 0 Å². The monoisotopic (exact) mass is 466 g/mol. The maximum absolute atomic E-state index is 14.8. The highest BCUT2D eigenvalue weighted by molar-refractivity contribution is 5.82. The number of rotatable bonds is 6. The summed E-state index contributed by atoms with van der Waals surface area (Å²) >= 11 is 0. The lowest BCUT2D eigenvalue weighted by molar-refractivity contribution is 0.315. The average molecular weight is 466 g/mol. The quantitative estimate of drug-likeness (QED) is 0.393. The van der Waals surface area contributed by atoms with Gasteiger partial charge in [0.05, 0.1) is 5.39 Å². The fourth-order valence-corrected chi connectivity index (χ4v) is 4.06. The molecule has 34 heavy (non-hydrogen) atoms. The van der Waals surface area contributed by atoms with Crippen LogP contribution < -0.4 is 20.7 Å². The molecule has 3 aromatic heterocycles. The summed E-state index contributed by atoms with van der Waals surface area (Å²) in [5, 5.41) is 3.54. The standard InChI is InChI=1S/C23H24F2N8O/c1-32(2)14-5-8-33(12-14)20-11-19(30-23(26)31-20)29-13-9-16(24)21(17(25)10-13)34-18-4-7-28-22-15(18)3-6-27-22/h3-4,6-7,9-11,14H,5,8,12H2,1-2H3,(H,27,28)(H3,26,29,30,31). The Morgan fingerprint density at radius 1 is 1.18 bits per heavy atom. The molecule has 1 saturated heterocycles. The summed E-state index contributed by atoms with van der Waals surface area (Å²) < 4.78 is 35.3. The zero-order valence-corrected chi connectivity index (χ0v) is 18.7. The number of likely N-dealkylation sites (N-methyl/N-ethyl adjacent to an activating group) is 1. The van der Waals surface area contributed by atoms with E-state index < -0.39 is 17.4 Å². The normalized spacial score (nSPS) is 15.9. The number of anilines is 4. The van der Waals surface area contributed by atoms with Gasteiger partial charge in [-0.15, -0.1) is 0 Å². The van der Waals surface area contributed by atoms with Crippen LogP contribution in [-0.4, -0.2) is 58.1 Å². The summed E-state index contributed by atoms with van der Waals surface area (Å²) in [5.41, 5.74) is 6.63. The van der Waals surface area contributed by atoms with E-state index in [1.807, 2.05) is 14.1 Å². The smallest absolute Gasteiger partial charge is 0.223 e. The fourth-order valence-electron chi connectivity index (χ4n) is 4.06. The van der Waals surface area contributed by atoms with Crippen molar-refractivity contribution in [3.05, 3.63) is 54.4 Å². The van der Waals surface area contributed by atoms with E-state index in [9.17, 15) is 8.78 Å². The van der Waals surface area contributed by atoms with Crippen molar-refractivity contribution >= 4 is 34.3 Å². The van der Waals surface area contributed by atoms with Gasteiger partial charge in [-0.05, 0) is 32.6 Å². The maximum Gasteiger partial charge on any atom is 0.223 e. The van der Waals surface area contributed by atoms with Crippen molar-refractivity contribution in [2.24, 2.45) is 0 Å². The predicted octanol–water partition coefficient (Wildman–Crippen LogP) is 3.89. The van der Waals surface area contributed by atoms with Gasteiger partial charge in [-0.25, -0.2) is 13.8 Å². The van der Waals surface area contributed by atoms with E-state index >= 15 is 0 Å². The number of hydrogen-bond acceptors (Lipinski definition) is 8.